The van der Waals surface area contributed by atoms with Crippen LogP contribution in [0.1, 0.15) is 31.7 Å². The minimum Gasteiger partial charge on any atom is -0.367 e. The van der Waals surface area contributed by atoms with Gasteiger partial charge in [0.1, 0.15) is 0 Å². The van der Waals surface area contributed by atoms with Gasteiger partial charge in [-0.15, -0.1) is 10.2 Å². The monoisotopic (exact) mass is 223 g/mol. The first-order chi connectivity index (χ1) is 7.20. The van der Waals surface area contributed by atoms with Crippen molar-refractivity contribution in [2.75, 3.05) is 11.9 Å². The number of halogens is 1. The molecule has 3 rings (SSSR count). The van der Waals surface area contributed by atoms with Crippen molar-refractivity contribution < 1.29 is 0 Å². The number of anilines is 1. The molecule has 2 heterocycles. The molecular formula is C11H14ClN3. The quantitative estimate of drug-likeness (QED) is 0.796. The molecular weight excluding hydrogens is 210 g/mol. The van der Waals surface area contributed by atoms with Crippen molar-refractivity contribution in [1.82, 2.24) is 10.2 Å². The van der Waals surface area contributed by atoms with E-state index < -0.39 is 0 Å². The number of fused-ring (bicyclic) bond motifs is 1. The number of nitrogens with zero attached hydrogens (tertiary/aromatic N) is 2. The minimum absolute atomic E-state index is 0.215. The molecule has 1 saturated carbocycles. The maximum absolute atomic E-state index is 5.92. The normalized spacial score (nSPS) is 29.5. The fourth-order valence-corrected chi connectivity index (χ4v) is 2.85. The van der Waals surface area contributed by atoms with Crippen molar-refractivity contribution >= 4 is 17.4 Å². The second-order valence-electron chi connectivity index (χ2n) is 4.83. The van der Waals surface area contributed by atoms with E-state index in [-0.39, 0.29) is 5.41 Å². The maximum atomic E-state index is 5.92. The van der Waals surface area contributed by atoms with Crippen LogP contribution in [-0.4, -0.2) is 16.7 Å². The van der Waals surface area contributed by atoms with Gasteiger partial charge in [0, 0.05) is 17.5 Å². The van der Waals surface area contributed by atoms with Gasteiger partial charge in [0.25, 0.3) is 0 Å². The van der Waals surface area contributed by atoms with Crippen molar-refractivity contribution in [2.45, 2.75) is 31.6 Å². The van der Waals surface area contributed by atoms with Crippen LogP contribution >= 0.6 is 11.6 Å². The first kappa shape index (κ1) is 9.40. The Hall–Kier alpha value is -0.830. The summed E-state index contributed by atoms with van der Waals surface area (Å²) in [6, 6.07) is 1.97. The van der Waals surface area contributed by atoms with Crippen LogP contribution < -0.4 is 5.32 Å². The summed E-state index contributed by atoms with van der Waals surface area (Å²) < 4.78 is 0. The van der Waals surface area contributed by atoms with Crippen molar-refractivity contribution in [3.05, 3.63) is 16.8 Å². The number of hydrogen-bond acceptors (Lipinski definition) is 3. The largest absolute Gasteiger partial charge is 0.367 e. The van der Waals surface area contributed by atoms with Gasteiger partial charge in [-0.25, -0.2) is 0 Å². The van der Waals surface area contributed by atoms with E-state index >= 15 is 0 Å². The second kappa shape index (κ2) is 3.08. The Balaban J connectivity index is 2.05. The van der Waals surface area contributed by atoms with E-state index in [1.165, 1.54) is 24.8 Å². The average Bonchev–Trinajstić information content (AvgIpc) is 2.42. The minimum atomic E-state index is 0.215. The summed E-state index contributed by atoms with van der Waals surface area (Å²) in [6.07, 6.45) is 4.02. The molecule has 1 atom stereocenters. The summed E-state index contributed by atoms with van der Waals surface area (Å²) in [6.45, 7) is 3.29. The van der Waals surface area contributed by atoms with Gasteiger partial charge in [-0.2, -0.15) is 0 Å². The standard InChI is InChI=1S/C11H14ClN3/c1-11(7-3-2-4-7)6-13-10-8(11)5-9(12)14-15-10/h5,7H,2-4,6H2,1H3,(H,13,15). The molecule has 15 heavy (non-hydrogen) atoms. The number of nitrogens with one attached hydrogen (secondary N) is 1. The fraction of sp³-hybridized carbons (Fsp3) is 0.636. The summed E-state index contributed by atoms with van der Waals surface area (Å²) >= 11 is 5.92. The topological polar surface area (TPSA) is 37.8 Å². The molecule has 4 heteroatoms. The number of aromatic nitrogens is 2. The van der Waals surface area contributed by atoms with Gasteiger partial charge in [0.15, 0.2) is 11.0 Å². The van der Waals surface area contributed by atoms with Gasteiger partial charge >= 0.3 is 0 Å². The van der Waals surface area contributed by atoms with E-state index in [1.54, 1.807) is 0 Å². The lowest BCUT2D eigenvalue weighted by Crippen LogP contribution is -2.38. The predicted octanol–water partition coefficient (Wildman–Crippen LogP) is 2.61. The van der Waals surface area contributed by atoms with Crippen LogP contribution in [0, 0.1) is 5.92 Å². The lowest BCUT2D eigenvalue weighted by molar-refractivity contribution is 0.194. The van der Waals surface area contributed by atoms with Crippen LogP contribution in [0.5, 0.6) is 0 Å². The van der Waals surface area contributed by atoms with Gasteiger partial charge < -0.3 is 5.32 Å². The Morgan fingerprint density at radius 2 is 2.27 bits per heavy atom. The molecule has 1 N–H and O–H groups in total. The molecule has 2 aliphatic rings. The molecule has 1 unspecified atom stereocenters. The molecule has 0 bridgehead atoms. The molecule has 3 nitrogen and oxygen atoms in total. The van der Waals surface area contributed by atoms with E-state index in [0.717, 1.165) is 18.3 Å². The third kappa shape index (κ3) is 1.26. The molecule has 1 aliphatic carbocycles. The van der Waals surface area contributed by atoms with E-state index in [4.69, 9.17) is 11.6 Å². The zero-order chi connectivity index (χ0) is 10.5. The van der Waals surface area contributed by atoms with Crippen molar-refractivity contribution in [2.24, 2.45) is 5.92 Å². The van der Waals surface area contributed by atoms with Crippen LogP contribution in [0.2, 0.25) is 5.15 Å². The summed E-state index contributed by atoms with van der Waals surface area (Å²) in [5.74, 6) is 1.71. The highest BCUT2D eigenvalue weighted by Gasteiger charge is 2.44. The van der Waals surface area contributed by atoms with Crippen molar-refractivity contribution in [1.29, 1.82) is 0 Å². The predicted molar refractivity (Wildman–Crippen MR) is 60.2 cm³/mol. The summed E-state index contributed by atoms with van der Waals surface area (Å²) in [5.41, 5.74) is 1.47. The zero-order valence-corrected chi connectivity index (χ0v) is 9.51. The lowest BCUT2D eigenvalue weighted by atomic mass is 9.64. The van der Waals surface area contributed by atoms with E-state index in [2.05, 4.69) is 22.4 Å². The lowest BCUT2D eigenvalue weighted by Gasteiger charge is -2.40. The van der Waals surface area contributed by atoms with Gasteiger partial charge in [0.2, 0.25) is 0 Å². The molecule has 80 valence electrons. The molecule has 0 aromatic carbocycles. The van der Waals surface area contributed by atoms with Gasteiger partial charge in [0.05, 0.1) is 0 Å². The Bertz CT molecular complexity index is 403. The molecule has 0 spiro atoms. The van der Waals surface area contributed by atoms with Crippen LogP contribution in [-0.2, 0) is 5.41 Å². The van der Waals surface area contributed by atoms with Crippen LogP contribution in [0.25, 0.3) is 0 Å². The first-order valence-corrected chi connectivity index (χ1v) is 5.85. The van der Waals surface area contributed by atoms with Crippen LogP contribution in [0.4, 0.5) is 5.82 Å². The Kier molecular flexibility index (Phi) is 1.93. The van der Waals surface area contributed by atoms with E-state index in [1.807, 2.05) is 6.07 Å². The summed E-state index contributed by atoms with van der Waals surface area (Å²) in [4.78, 5) is 0. The highest BCUT2D eigenvalue weighted by molar-refractivity contribution is 6.29. The molecule has 1 aromatic rings. The van der Waals surface area contributed by atoms with E-state index in [9.17, 15) is 0 Å². The smallest absolute Gasteiger partial charge is 0.152 e. The summed E-state index contributed by atoms with van der Waals surface area (Å²) in [7, 11) is 0. The SMILES string of the molecule is CC1(C2CCC2)CNc2nnc(Cl)cc21. The third-order valence-electron chi connectivity index (χ3n) is 4.01. The van der Waals surface area contributed by atoms with Crippen LogP contribution in [0.3, 0.4) is 0 Å². The number of hydrogen-bond donors (Lipinski definition) is 1. The van der Waals surface area contributed by atoms with Crippen molar-refractivity contribution in [3.8, 4) is 0 Å². The maximum Gasteiger partial charge on any atom is 0.152 e. The summed E-state index contributed by atoms with van der Waals surface area (Å²) in [5, 5.41) is 11.8. The van der Waals surface area contributed by atoms with Gasteiger partial charge in [-0.05, 0) is 24.8 Å². The highest BCUT2D eigenvalue weighted by atomic mass is 35.5. The molecule has 0 amide bonds. The van der Waals surface area contributed by atoms with Crippen LogP contribution in [0.15, 0.2) is 6.07 Å². The first-order valence-electron chi connectivity index (χ1n) is 5.48. The second-order valence-corrected chi connectivity index (χ2v) is 5.22. The molecule has 0 radical (unpaired) electrons. The Morgan fingerprint density at radius 1 is 1.47 bits per heavy atom. The Labute approximate surface area is 94.2 Å². The zero-order valence-electron chi connectivity index (χ0n) is 8.76. The third-order valence-corrected chi connectivity index (χ3v) is 4.19. The average molecular weight is 224 g/mol. The molecule has 0 saturated heterocycles. The van der Waals surface area contributed by atoms with Gasteiger partial charge in [-0.1, -0.05) is 24.9 Å². The van der Waals surface area contributed by atoms with Gasteiger partial charge in [-0.3, -0.25) is 0 Å². The highest BCUT2D eigenvalue weighted by Crippen LogP contribution is 2.48. The molecule has 1 aromatic heterocycles. The number of rotatable bonds is 1. The van der Waals surface area contributed by atoms with E-state index in [0.29, 0.717) is 5.15 Å². The fourth-order valence-electron chi connectivity index (χ4n) is 2.71. The van der Waals surface area contributed by atoms with Crippen molar-refractivity contribution in [3.63, 3.8) is 0 Å². The molecule has 1 fully saturated rings. The Morgan fingerprint density at radius 3 is 2.93 bits per heavy atom. The molecule has 1 aliphatic heterocycles.